The minimum atomic E-state index is 0.0170. The van der Waals surface area contributed by atoms with E-state index in [0.29, 0.717) is 6.42 Å². The zero-order valence-corrected chi connectivity index (χ0v) is 12.3. The van der Waals surface area contributed by atoms with E-state index < -0.39 is 0 Å². The van der Waals surface area contributed by atoms with E-state index in [1.54, 1.807) is 6.92 Å². The van der Waals surface area contributed by atoms with E-state index in [0.717, 1.165) is 12.2 Å². The van der Waals surface area contributed by atoms with E-state index in [4.69, 9.17) is 0 Å². The summed E-state index contributed by atoms with van der Waals surface area (Å²) in [7, 11) is 0. The summed E-state index contributed by atoms with van der Waals surface area (Å²) in [6, 6.07) is 8.53. The normalized spacial score (nSPS) is 13.9. The monoisotopic (exact) mass is 262 g/mol. The van der Waals surface area contributed by atoms with Crippen molar-refractivity contribution in [3.05, 3.63) is 42.5 Å². The van der Waals surface area contributed by atoms with Gasteiger partial charge >= 0.3 is 0 Å². The van der Waals surface area contributed by atoms with Crippen molar-refractivity contribution in [1.82, 2.24) is 0 Å². The number of Topliss-reactive ketones (excluding diaryl/α,β-unsaturated/α-hetero) is 1. The summed E-state index contributed by atoms with van der Waals surface area (Å²) in [5.41, 5.74) is 1.29. The van der Waals surface area contributed by atoms with Crippen molar-refractivity contribution in [3.63, 3.8) is 0 Å². The van der Waals surface area contributed by atoms with Gasteiger partial charge in [0, 0.05) is 17.1 Å². The van der Waals surface area contributed by atoms with Crippen LogP contribution in [0.3, 0.4) is 0 Å². The molecule has 0 N–H and O–H groups in total. The van der Waals surface area contributed by atoms with Crippen molar-refractivity contribution in [2.45, 2.75) is 38.5 Å². The molecule has 0 amide bonds. The van der Waals surface area contributed by atoms with Gasteiger partial charge in [-0.25, -0.2) is 0 Å². The van der Waals surface area contributed by atoms with Gasteiger partial charge in [0.1, 0.15) is 5.78 Å². The van der Waals surface area contributed by atoms with Crippen molar-refractivity contribution < 1.29 is 4.79 Å². The maximum Gasteiger partial charge on any atom is 0.130 e. The topological polar surface area (TPSA) is 17.1 Å². The maximum atomic E-state index is 11.3. The highest BCUT2D eigenvalue weighted by Crippen LogP contribution is 2.34. The van der Waals surface area contributed by atoms with Crippen LogP contribution in [-0.2, 0) is 4.79 Å². The number of hydrogen-bond donors (Lipinski definition) is 0. The Hall–Kier alpha value is -1.02. The van der Waals surface area contributed by atoms with E-state index in [9.17, 15) is 4.79 Å². The lowest BCUT2D eigenvalue weighted by atomic mass is 9.84. The zero-order valence-electron chi connectivity index (χ0n) is 11.5. The Kier molecular flexibility index (Phi) is 5.67. The van der Waals surface area contributed by atoms with Gasteiger partial charge in [-0.15, -0.1) is 18.3 Å². The molecule has 0 aliphatic rings. The van der Waals surface area contributed by atoms with Gasteiger partial charge in [0.2, 0.25) is 0 Å². The molecule has 0 aliphatic heterocycles. The van der Waals surface area contributed by atoms with Gasteiger partial charge in [0.15, 0.2) is 0 Å². The second-order valence-corrected chi connectivity index (χ2v) is 6.33. The third-order valence-electron chi connectivity index (χ3n) is 2.92. The van der Waals surface area contributed by atoms with Gasteiger partial charge in [-0.05, 0) is 37.8 Å². The Labute approximate surface area is 115 Å². The Morgan fingerprint density at radius 1 is 1.39 bits per heavy atom. The molecule has 98 valence electrons. The Bertz CT molecular complexity index is 408. The number of carbonyl (C=O) groups is 1. The van der Waals surface area contributed by atoms with Gasteiger partial charge in [0.25, 0.3) is 0 Å². The van der Waals surface area contributed by atoms with E-state index in [1.165, 1.54) is 10.5 Å². The molecule has 0 aromatic heterocycles. The van der Waals surface area contributed by atoms with Crippen LogP contribution in [0.2, 0.25) is 0 Å². The van der Waals surface area contributed by atoms with Crippen molar-refractivity contribution in [2.24, 2.45) is 5.41 Å². The van der Waals surface area contributed by atoms with Crippen LogP contribution >= 0.6 is 11.8 Å². The molecule has 0 aliphatic carbocycles. The van der Waals surface area contributed by atoms with E-state index in [1.807, 2.05) is 17.8 Å². The number of allylic oxidation sites excluding steroid dienone is 1. The molecular formula is C16H22OS. The minimum absolute atomic E-state index is 0.0170. The largest absolute Gasteiger partial charge is 0.300 e. The highest BCUT2D eigenvalue weighted by atomic mass is 32.2. The molecule has 1 aromatic rings. The summed E-state index contributed by atoms with van der Waals surface area (Å²) in [6.07, 6.45) is 3.42. The van der Waals surface area contributed by atoms with E-state index >= 15 is 0 Å². The number of aryl methyl sites for hydroxylation is 1. The number of carbonyl (C=O) groups excluding carboxylic acids is 1. The van der Waals surface area contributed by atoms with Crippen molar-refractivity contribution >= 4 is 17.5 Å². The van der Waals surface area contributed by atoms with Crippen molar-refractivity contribution in [3.8, 4) is 0 Å². The summed E-state index contributed by atoms with van der Waals surface area (Å²) in [4.78, 5) is 12.6. The third-order valence-corrected chi connectivity index (χ3v) is 4.37. The van der Waals surface area contributed by atoms with Crippen LogP contribution in [0.15, 0.2) is 41.8 Å². The zero-order chi connectivity index (χ0) is 13.6. The fraction of sp³-hybridized carbons (Fsp3) is 0.438. The predicted molar refractivity (Wildman–Crippen MR) is 80.1 cm³/mol. The highest BCUT2D eigenvalue weighted by molar-refractivity contribution is 7.99. The highest BCUT2D eigenvalue weighted by Gasteiger charge is 2.24. The Morgan fingerprint density at radius 2 is 2.00 bits per heavy atom. The average molecular weight is 262 g/mol. The first-order valence-electron chi connectivity index (χ1n) is 6.25. The summed E-state index contributed by atoms with van der Waals surface area (Å²) >= 11 is 1.82. The minimum Gasteiger partial charge on any atom is -0.300 e. The lowest BCUT2D eigenvalue weighted by Gasteiger charge is -2.26. The molecule has 2 heteroatoms. The van der Waals surface area contributed by atoms with Crippen LogP contribution in [0.4, 0.5) is 0 Å². The van der Waals surface area contributed by atoms with Crippen molar-refractivity contribution in [1.29, 1.82) is 0 Å². The molecule has 0 saturated carbocycles. The van der Waals surface area contributed by atoms with Gasteiger partial charge in [-0.1, -0.05) is 30.7 Å². The number of benzene rings is 1. The number of hydrogen-bond acceptors (Lipinski definition) is 2. The van der Waals surface area contributed by atoms with Gasteiger partial charge in [0.05, 0.1) is 0 Å². The van der Waals surface area contributed by atoms with Crippen LogP contribution in [-0.4, -0.2) is 11.5 Å². The lowest BCUT2D eigenvalue weighted by molar-refractivity contribution is -0.118. The summed E-state index contributed by atoms with van der Waals surface area (Å²) < 4.78 is 0. The summed E-state index contributed by atoms with van der Waals surface area (Å²) in [5.74, 6) is 1.20. The first-order chi connectivity index (χ1) is 8.45. The fourth-order valence-electron chi connectivity index (χ4n) is 2.02. The number of thioether (sulfide) groups is 1. The van der Waals surface area contributed by atoms with Gasteiger partial charge < -0.3 is 4.79 Å². The standard InChI is InChI=1S/C16H22OS/c1-5-10-16(4,11-14(3)17)12-18-15-8-6-13(2)7-9-15/h5-9H,1,10-12H2,2-4H3. The Morgan fingerprint density at radius 3 is 2.50 bits per heavy atom. The average Bonchev–Trinajstić information content (AvgIpc) is 2.27. The quantitative estimate of drug-likeness (QED) is 0.525. The predicted octanol–water partition coefficient (Wildman–Crippen LogP) is 4.65. The first kappa shape index (κ1) is 15.0. The molecule has 0 heterocycles. The molecule has 0 spiro atoms. The summed E-state index contributed by atoms with van der Waals surface area (Å²) in [6.45, 7) is 9.72. The number of ketones is 1. The Balaban J connectivity index is 2.64. The smallest absolute Gasteiger partial charge is 0.130 e. The van der Waals surface area contributed by atoms with Gasteiger partial charge in [-0.2, -0.15) is 0 Å². The molecule has 0 fully saturated rings. The second-order valence-electron chi connectivity index (χ2n) is 5.28. The van der Waals surface area contributed by atoms with Crippen LogP contribution < -0.4 is 0 Å². The summed E-state index contributed by atoms with van der Waals surface area (Å²) in [5, 5.41) is 0. The SMILES string of the molecule is C=CCC(C)(CSc1ccc(C)cc1)CC(C)=O. The molecule has 0 saturated heterocycles. The molecule has 18 heavy (non-hydrogen) atoms. The third kappa shape index (κ3) is 5.09. The molecule has 1 unspecified atom stereocenters. The molecule has 0 bridgehead atoms. The maximum absolute atomic E-state index is 11.3. The van der Waals surface area contributed by atoms with Crippen LogP contribution in [0, 0.1) is 12.3 Å². The van der Waals surface area contributed by atoms with Crippen LogP contribution in [0.1, 0.15) is 32.3 Å². The fourth-order valence-corrected chi connectivity index (χ4v) is 3.09. The van der Waals surface area contributed by atoms with E-state index in [-0.39, 0.29) is 11.2 Å². The molecule has 1 rings (SSSR count). The van der Waals surface area contributed by atoms with Crippen molar-refractivity contribution in [2.75, 3.05) is 5.75 Å². The van der Waals surface area contributed by atoms with E-state index in [2.05, 4.69) is 44.7 Å². The first-order valence-corrected chi connectivity index (χ1v) is 7.23. The molecular weight excluding hydrogens is 240 g/mol. The molecule has 0 radical (unpaired) electrons. The lowest BCUT2D eigenvalue weighted by Crippen LogP contribution is -2.22. The molecule has 1 nitrogen and oxygen atoms in total. The second kappa shape index (κ2) is 6.79. The molecule has 1 aromatic carbocycles. The number of rotatable bonds is 7. The van der Waals surface area contributed by atoms with Crippen LogP contribution in [0.5, 0.6) is 0 Å². The van der Waals surface area contributed by atoms with Crippen LogP contribution in [0.25, 0.3) is 0 Å². The molecule has 1 atom stereocenters. The van der Waals surface area contributed by atoms with Gasteiger partial charge in [-0.3, -0.25) is 0 Å².